The van der Waals surface area contributed by atoms with Crippen molar-refractivity contribution in [2.75, 3.05) is 13.7 Å². The molecule has 8 nitrogen and oxygen atoms in total. The third-order valence-corrected chi connectivity index (χ3v) is 6.21. The first kappa shape index (κ1) is 23.2. The van der Waals surface area contributed by atoms with Crippen LogP contribution in [0.5, 0.6) is 0 Å². The van der Waals surface area contributed by atoms with Gasteiger partial charge < -0.3 is 19.5 Å². The lowest BCUT2D eigenvalue weighted by Crippen LogP contribution is -2.64. The molecule has 0 radical (unpaired) electrons. The van der Waals surface area contributed by atoms with Gasteiger partial charge in [-0.25, -0.2) is 9.78 Å². The molecule has 2 heterocycles. The number of benzene rings is 2. The first-order valence-electron chi connectivity index (χ1n) is 11.3. The molecule has 1 atom stereocenters. The van der Waals surface area contributed by atoms with Crippen molar-refractivity contribution in [3.63, 3.8) is 0 Å². The van der Waals surface area contributed by atoms with Gasteiger partial charge in [-0.1, -0.05) is 60.7 Å². The van der Waals surface area contributed by atoms with Crippen molar-refractivity contribution in [2.45, 2.75) is 38.4 Å². The number of hydrogen-bond acceptors (Lipinski definition) is 5. The Hall–Kier alpha value is -3.94. The van der Waals surface area contributed by atoms with E-state index >= 15 is 0 Å². The zero-order valence-corrected chi connectivity index (χ0v) is 19.4. The number of carbonyl (C=O) groups is 3. The van der Waals surface area contributed by atoms with Crippen LogP contribution in [0.2, 0.25) is 0 Å². The van der Waals surface area contributed by atoms with Gasteiger partial charge in [0.15, 0.2) is 5.69 Å². The van der Waals surface area contributed by atoms with E-state index < -0.39 is 17.4 Å². The number of nitrogens with one attached hydrogen (secondary N) is 1. The Morgan fingerprint density at radius 2 is 1.71 bits per heavy atom. The van der Waals surface area contributed by atoms with Crippen molar-refractivity contribution in [1.82, 2.24) is 19.8 Å². The van der Waals surface area contributed by atoms with E-state index in [9.17, 15) is 14.4 Å². The quantitative estimate of drug-likeness (QED) is 0.522. The van der Waals surface area contributed by atoms with Crippen molar-refractivity contribution in [2.24, 2.45) is 0 Å². The second-order valence-corrected chi connectivity index (χ2v) is 8.55. The van der Waals surface area contributed by atoms with Gasteiger partial charge >= 0.3 is 5.97 Å². The van der Waals surface area contributed by atoms with E-state index in [2.05, 4.69) is 10.3 Å². The lowest BCUT2D eigenvalue weighted by molar-refractivity contribution is -0.133. The number of aromatic nitrogens is 2. The van der Waals surface area contributed by atoms with E-state index in [4.69, 9.17) is 4.74 Å². The van der Waals surface area contributed by atoms with Crippen LogP contribution in [-0.4, -0.2) is 51.4 Å². The fourth-order valence-electron chi connectivity index (χ4n) is 4.34. The second-order valence-electron chi connectivity index (χ2n) is 8.55. The monoisotopic (exact) mass is 460 g/mol. The summed E-state index contributed by atoms with van der Waals surface area (Å²) in [6, 6.07) is 19.6. The Balaban J connectivity index is 1.60. The summed E-state index contributed by atoms with van der Waals surface area (Å²) >= 11 is 0. The average molecular weight is 461 g/mol. The largest absolute Gasteiger partial charge is 0.464 e. The summed E-state index contributed by atoms with van der Waals surface area (Å²) in [5.41, 5.74) is 1.09. The van der Waals surface area contributed by atoms with Gasteiger partial charge in [0.25, 0.3) is 5.91 Å². The molecule has 0 aliphatic carbocycles. The molecule has 1 aliphatic heterocycles. The van der Waals surface area contributed by atoms with Crippen molar-refractivity contribution in [3.8, 4) is 0 Å². The highest BCUT2D eigenvalue weighted by molar-refractivity contribution is 6.06. The van der Waals surface area contributed by atoms with Gasteiger partial charge in [0.1, 0.15) is 11.2 Å². The number of amides is 2. The number of rotatable bonds is 8. The Kier molecular flexibility index (Phi) is 6.77. The summed E-state index contributed by atoms with van der Waals surface area (Å²) < 4.78 is 6.38. The molecule has 0 unspecified atom stereocenters. The highest BCUT2D eigenvalue weighted by atomic mass is 16.5. The molecule has 0 bridgehead atoms. The minimum atomic E-state index is -1.15. The molecule has 0 saturated heterocycles. The SMILES string of the molecule is COC(=O)c1ncn2c1C(=O)N(CCCc1ccccc1)[C@](C)(C(=O)NCc1ccccc1)C2. The third kappa shape index (κ3) is 4.57. The summed E-state index contributed by atoms with van der Waals surface area (Å²) in [6.07, 6.45) is 2.85. The molecular weight excluding hydrogens is 432 g/mol. The maximum Gasteiger partial charge on any atom is 0.359 e. The zero-order chi connectivity index (χ0) is 24.1. The summed E-state index contributed by atoms with van der Waals surface area (Å²) in [4.78, 5) is 45.0. The predicted octanol–water partition coefficient (Wildman–Crippen LogP) is 2.83. The van der Waals surface area contributed by atoms with Crippen LogP contribution in [0.25, 0.3) is 0 Å². The number of ether oxygens (including phenoxy) is 1. The van der Waals surface area contributed by atoms with Crippen LogP contribution in [0.3, 0.4) is 0 Å². The zero-order valence-electron chi connectivity index (χ0n) is 19.4. The number of imidazole rings is 1. The van der Waals surface area contributed by atoms with E-state index in [-0.39, 0.29) is 23.8 Å². The molecule has 3 aromatic rings. The molecule has 0 fully saturated rings. The number of esters is 1. The molecule has 2 aromatic carbocycles. The standard InChI is InChI=1S/C26H28N4O4/c1-26(25(33)27-16-20-12-7-4-8-13-20)17-29-18-28-21(24(32)34-2)22(29)23(31)30(26)15-9-14-19-10-5-3-6-11-19/h3-8,10-13,18H,9,14-17H2,1-2H3,(H,27,33)/t26-/m0/s1. The van der Waals surface area contributed by atoms with Crippen molar-refractivity contribution < 1.29 is 19.1 Å². The fourth-order valence-corrected chi connectivity index (χ4v) is 4.34. The van der Waals surface area contributed by atoms with Crippen LogP contribution < -0.4 is 5.32 Å². The highest BCUT2D eigenvalue weighted by Gasteiger charge is 2.48. The molecule has 1 aromatic heterocycles. The van der Waals surface area contributed by atoms with Crippen molar-refractivity contribution in [3.05, 3.63) is 89.5 Å². The van der Waals surface area contributed by atoms with Gasteiger partial charge in [-0.2, -0.15) is 0 Å². The molecule has 0 saturated carbocycles. The maximum absolute atomic E-state index is 13.6. The highest BCUT2D eigenvalue weighted by Crippen LogP contribution is 2.29. The van der Waals surface area contributed by atoms with Crippen LogP contribution in [0.15, 0.2) is 67.0 Å². The summed E-state index contributed by atoms with van der Waals surface area (Å²) in [6.45, 7) is 2.65. The van der Waals surface area contributed by atoms with E-state index in [0.717, 1.165) is 17.5 Å². The minimum Gasteiger partial charge on any atom is -0.464 e. The maximum atomic E-state index is 13.6. The fraction of sp³-hybridized carbons (Fsp3) is 0.308. The summed E-state index contributed by atoms with van der Waals surface area (Å²) in [5, 5.41) is 2.98. The summed E-state index contributed by atoms with van der Waals surface area (Å²) in [5.74, 6) is -1.35. The molecule has 176 valence electrons. The third-order valence-electron chi connectivity index (χ3n) is 6.21. The molecule has 4 rings (SSSR count). The van der Waals surface area contributed by atoms with Crippen LogP contribution in [0.4, 0.5) is 0 Å². The van der Waals surface area contributed by atoms with E-state index in [1.165, 1.54) is 13.4 Å². The topological polar surface area (TPSA) is 93.5 Å². The molecule has 34 heavy (non-hydrogen) atoms. The van der Waals surface area contributed by atoms with Crippen molar-refractivity contribution >= 4 is 17.8 Å². The van der Waals surface area contributed by atoms with Gasteiger partial charge in [0, 0.05) is 13.1 Å². The van der Waals surface area contributed by atoms with Crippen LogP contribution >= 0.6 is 0 Å². The molecule has 0 spiro atoms. The Bertz CT molecular complexity index is 1180. The van der Waals surface area contributed by atoms with E-state index in [0.29, 0.717) is 19.5 Å². The van der Waals surface area contributed by atoms with Crippen LogP contribution in [-0.2, 0) is 29.0 Å². The molecule has 1 N–H and O–H groups in total. The van der Waals surface area contributed by atoms with Crippen molar-refractivity contribution in [1.29, 1.82) is 0 Å². The summed E-state index contributed by atoms with van der Waals surface area (Å²) in [7, 11) is 1.25. The van der Waals surface area contributed by atoms with Crippen LogP contribution in [0, 0.1) is 0 Å². The molecule has 2 amide bonds. The van der Waals surface area contributed by atoms with Gasteiger partial charge in [0.05, 0.1) is 20.0 Å². The number of aryl methyl sites for hydroxylation is 1. The van der Waals surface area contributed by atoms with Gasteiger partial charge in [0.2, 0.25) is 5.91 Å². The van der Waals surface area contributed by atoms with Gasteiger partial charge in [-0.3, -0.25) is 9.59 Å². The first-order chi connectivity index (χ1) is 16.4. The predicted molar refractivity (Wildman–Crippen MR) is 126 cm³/mol. The molecular formula is C26H28N4O4. The Morgan fingerprint density at radius 3 is 2.35 bits per heavy atom. The van der Waals surface area contributed by atoms with Gasteiger partial charge in [-0.15, -0.1) is 0 Å². The number of hydrogen-bond donors (Lipinski definition) is 1. The normalized spacial score (nSPS) is 17.2. The van der Waals surface area contributed by atoms with Gasteiger partial charge in [-0.05, 0) is 30.9 Å². The number of carbonyl (C=O) groups excluding carboxylic acids is 3. The second kappa shape index (κ2) is 9.91. The molecule has 1 aliphatic rings. The Morgan fingerprint density at radius 1 is 1.06 bits per heavy atom. The first-order valence-corrected chi connectivity index (χ1v) is 11.3. The number of methoxy groups -OCH3 is 1. The molecule has 8 heteroatoms. The van der Waals surface area contributed by atoms with Crippen LogP contribution in [0.1, 0.15) is 45.4 Å². The number of nitrogens with zero attached hydrogens (tertiary/aromatic N) is 3. The smallest absolute Gasteiger partial charge is 0.359 e. The lowest BCUT2D eigenvalue weighted by Gasteiger charge is -2.43. The average Bonchev–Trinajstić information content (AvgIpc) is 3.29. The minimum absolute atomic E-state index is 0.0349. The van der Waals surface area contributed by atoms with E-state index in [1.807, 2.05) is 60.7 Å². The number of fused-ring (bicyclic) bond motifs is 1. The Labute approximate surface area is 198 Å². The van der Waals surface area contributed by atoms with E-state index in [1.54, 1.807) is 16.4 Å². The lowest BCUT2D eigenvalue weighted by atomic mass is 9.93.